The number of rotatable bonds is 3. The first kappa shape index (κ1) is 15.3. The number of carbonyl (C=O) groups excluding carboxylic acids is 1. The topological polar surface area (TPSA) is 61.2 Å². The van der Waals surface area contributed by atoms with Gasteiger partial charge < -0.3 is 4.74 Å². The van der Waals surface area contributed by atoms with Crippen molar-refractivity contribution >= 4 is 17.6 Å². The van der Waals surface area contributed by atoms with Crippen molar-refractivity contribution in [3.8, 4) is 5.69 Å². The molecule has 2 aromatic rings. The maximum atomic E-state index is 12.1. The smallest absolute Gasteiger partial charge is 0.362 e. The molecule has 0 unspecified atom stereocenters. The first-order chi connectivity index (χ1) is 9.99. The van der Waals surface area contributed by atoms with Crippen molar-refractivity contribution in [2.24, 2.45) is 0 Å². The van der Waals surface area contributed by atoms with Crippen LogP contribution in [0.4, 0.5) is 0 Å². The first-order valence-electron chi connectivity index (χ1n) is 6.46. The van der Waals surface area contributed by atoms with Gasteiger partial charge in [-0.3, -0.25) is 4.79 Å². The van der Waals surface area contributed by atoms with Gasteiger partial charge in [-0.15, -0.1) is 0 Å². The average Bonchev–Trinajstić information content (AvgIpc) is 2.49. The van der Waals surface area contributed by atoms with Gasteiger partial charge in [-0.05, 0) is 31.0 Å². The summed E-state index contributed by atoms with van der Waals surface area (Å²) in [5, 5.41) is 4.68. The van der Waals surface area contributed by atoms with Crippen LogP contribution in [0.2, 0.25) is 5.02 Å². The number of benzene rings is 1. The van der Waals surface area contributed by atoms with E-state index in [1.807, 2.05) is 19.9 Å². The second kappa shape index (κ2) is 6.10. The number of hydrogen-bond donors (Lipinski definition) is 0. The molecular weight excluding hydrogens is 292 g/mol. The number of methoxy groups -OCH3 is 1. The lowest BCUT2D eigenvalue weighted by molar-refractivity contribution is 0.0590. The van der Waals surface area contributed by atoms with E-state index in [1.165, 1.54) is 11.8 Å². The van der Waals surface area contributed by atoms with E-state index in [2.05, 4.69) is 9.84 Å². The van der Waals surface area contributed by atoms with Crippen molar-refractivity contribution in [1.82, 2.24) is 9.78 Å². The molecule has 1 aromatic carbocycles. The molecule has 0 bridgehead atoms. The van der Waals surface area contributed by atoms with Gasteiger partial charge in [0, 0.05) is 16.8 Å². The molecule has 0 atom stereocenters. The fourth-order valence-corrected chi connectivity index (χ4v) is 2.16. The highest BCUT2D eigenvalue weighted by molar-refractivity contribution is 6.31. The van der Waals surface area contributed by atoms with Crippen LogP contribution in [0.1, 0.15) is 28.5 Å². The zero-order valence-electron chi connectivity index (χ0n) is 12.0. The van der Waals surface area contributed by atoms with Crippen LogP contribution in [0.15, 0.2) is 29.2 Å². The molecule has 1 heterocycles. The molecule has 6 heteroatoms. The number of halogens is 1. The molecule has 110 valence electrons. The van der Waals surface area contributed by atoms with Gasteiger partial charge in [-0.25, -0.2) is 9.48 Å². The standard InChI is InChI=1S/C15H15ClN2O3/c1-4-10-8-18(12-7-5-6-11(16)9(12)2)17-13(14(10)19)15(20)21-3/h5-8H,4H2,1-3H3. The van der Waals surface area contributed by atoms with E-state index in [0.29, 0.717) is 22.7 Å². The van der Waals surface area contributed by atoms with Gasteiger partial charge >= 0.3 is 5.97 Å². The lowest BCUT2D eigenvalue weighted by Crippen LogP contribution is -2.25. The number of carbonyl (C=O) groups is 1. The Labute approximate surface area is 127 Å². The normalized spacial score (nSPS) is 10.5. The second-order valence-electron chi connectivity index (χ2n) is 4.51. The van der Waals surface area contributed by atoms with Crippen molar-refractivity contribution in [2.75, 3.05) is 7.11 Å². The van der Waals surface area contributed by atoms with Gasteiger partial charge in [-0.1, -0.05) is 24.6 Å². The Kier molecular flexibility index (Phi) is 4.43. The van der Waals surface area contributed by atoms with Crippen molar-refractivity contribution in [3.05, 3.63) is 56.5 Å². The summed E-state index contributed by atoms with van der Waals surface area (Å²) in [6.45, 7) is 3.69. The minimum Gasteiger partial charge on any atom is -0.464 e. The van der Waals surface area contributed by atoms with Gasteiger partial charge in [-0.2, -0.15) is 5.10 Å². The van der Waals surface area contributed by atoms with E-state index in [4.69, 9.17) is 11.6 Å². The summed E-state index contributed by atoms with van der Waals surface area (Å²) in [4.78, 5) is 23.8. The molecule has 0 aliphatic heterocycles. The van der Waals surface area contributed by atoms with Crippen LogP contribution in [0.3, 0.4) is 0 Å². The maximum Gasteiger partial charge on any atom is 0.362 e. The van der Waals surface area contributed by atoms with Crippen LogP contribution in [-0.2, 0) is 11.2 Å². The Hall–Kier alpha value is -2.14. The third kappa shape index (κ3) is 2.83. The number of hydrogen-bond acceptors (Lipinski definition) is 4. The number of nitrogens with zero attached hydrogens (tertiary/aromatic N) is 2. The van der Waals surface area contributed by atoms with E-state index in [1.54, 1.807) is 18.3 Å². The van der Waals surface area contributed by atoms with E-state index in [-0.39, 0.29) is 5.69 Å². The van der Waals surface area contributed by atoms with E-state index >= 15 is 0 Å². The lowest BCUT2D eigenvalue weighted by atomic mass is 10.1. The highest BCUT2D eigenvalue weighted by Crippen LogP contribution is 2.21. The predicted octanol–water partition coefficient (Wildman–Crippen LogP) is 2.54. The fourth-order valence-electron chi connectivity index (χ4n) is 1.99. The average molecular weight is 307 g/mol. The molecule has 0 saturated carbocycles. The molecule has 0 N–H and O–H groups in total. The zero-order chi connectivity index (χ0) is 15.6. The Morgan fingerprint density at radius 2 is 2.14 bits per heavy atom. The molecular formula is C15H15ClN2O3. The number of aryl methyl sites for hydroxylation is 1. The van der Waals surface area contributed by atoms with Crippen molar-refractivity contribution in [3.63, 3.8) is 0 Å². The predicted molar refractivity (Wildman–Crippen MR) is 80.3 cm³/mol. The molecule has 0 saturated heterocycles. The first-order valence-corrected chi connectivity index (χ1v) is 6.84. The molecule has 5 nitrogen and oxygen atoms in total. The van der Waals surface area contributed by atoms with E-state index in [9.17, 15) is 9.59 Å². The summed E-state index contributed by atoms with van der Waals surface area (Å²) in [6.07, 6.45) is 2.11. The number of aromatic nitrogens is 2. The van der Waals surface area contributed by atoms with Crippen LogP contribution in [0.5, 0.6) is 0 Å². The Morgan fingerprint density at radius 3 is 2.76 bits per heavy atom. The minimum atomic E-state index is -0.747. The van der Waals surface area contributed by atoms with Gasteiger partial charge in [0.05, 0.1) is 12.8 Å². The molecule has 21 heavy (non-hydrogen) atoms. The van der Waals surface area contributed by atoms with E-state index in [0.717, 1.165) is 5.56 Å². The largest absolute Gasteiger partial charge is 0.464 e. The van der Waals surface area contributed by atoms with Crippen LogP contribution in [-0.4, -0.2) is 22.9 Å². The number of ether oxygens (including phenoxy) is 1. The molecule has 0 radical (unpaired) electrons. The molecule has 2 rings (SSSR count). The van der Waals surface area contributed by atoms with Gasteiger partial charge in [0.1, 0.15) is 0 Å². The van der Waals surface area contributed by atoms with Crippen molar-refractivity contribution in [1.29, 1.82) is 0 Å². The highest BCUT2D eigenvalue weighted by Gasteiger charge is 2.18. The maximum absolute atomic E-state index is 12.1. The summed E-state index contributed by atoms with van der Waals surface area (Å²) in [6, 6.07) is 5.37. The monoisotopic (exact) mass is 306 g/mol. The fraction of sp³-hybridized carbons (Fsp3) is 0.267. The third-order valence-electron chi connectivity index (χ3n) is 3.24. The SMILES string of the molecule is CCc1cn(-c2cccc(Cl)c2C)nc(C(=O)OC)c1=O. The minimum absolute atomic E-state index is 0.226. The van der Waals surface area contributed by atoms with Crippen molar-refractivity contribution < 1.29 is 9.53 Å². The summed E-state index contributed by atoms with van der Waals surface area (Å²) in [5.41, 5.74) is 1.39. The van der Waals surface area contributed by atoms with Crippen LogP contribution < -0.4 is 5.43 Å². The Morgan fingerprint density at radius 1 is 1.43 bits per heavy atom. The summed E-state index contributed by atoms with van der Waals surface area (Å²) in [5.74, 6) is -0.747. The molecule has 0 aliphatic rings. The second-order valence-corrected chi connectivity index (χ2v) is 4.91. The Bertz CT molecular complexity index is 753. The number of esters is 1. The lowest BCUT2D eigenvalue weighted by Gasteiger charge is -2.12. The molecule has 0 fully saturated rings. The zero-order valence-corrected chi connectivity index (χ0v) is 12.8. The Balaban J connectivity index is 2.73. The van der Waals surface area contributed by atoms with E-state index < -0.39 is 11.4 Å². The van der Waals surface area contributed by atoms with Crippen molar-refractivity contribution in [2.45, 2.75) is 20.3 Å². The molecule has 0 amide bonds. The highest BCUT2D eigenvalue weighted by atomic mass is 35.5. The van der Waals surface area contributed by atoms with Crippen LogP contribution in [0.25, 0.3) is 5.69 Å². The molecule has 0 spiro atoms. The summed E-state index contributed by atoms with van der Waals surface area (Å²) >= 11 is 6.10. The van der Waals surface area contributed by atoms with Gasteiger partial charge in [0.2, 0.25) is 11.1 Å². The summed E-state index contributed by atoms with van der Waals surface area (Å²) in [7, 11) is 1.22. The molecule has 0 aliphatic carbocycles. The summed E-state index contributed by atoms with van der Waals surface area (Å²) < 4.78 is 6.11. The van der Waals surface area contributed by atoms with Gasteiger partial charge in [0.25, 0.3) is 0 Å². The van der Waals surface area contributed by atoms with Crippen LogP contribution in [0, 0.1) is 6.92 Å². The molecule has 1 aromatic heterocycles. The van der Waals surface area contributed by atoms with Gasteiger partial charge in [0.15, 0.2) is 0 Å². The quantitative estimate of drug-likeness (QED) is 0.818. The van der Waals surface area contributed by atoms with Crippen LogP contribution >= 0.6 is 11.6 Å². The third-order valence-corrected chi connectivity index (χ3v) is 3.65.